The number of ether oxygens (including phenoxy) is 3. The summed E-state index contributed by atoms with van der Waals surface area (Å²) in [6, 6.07) is 13.4. The zero-order valence-electron chi connectivity index (χ0n) is 21.3. The average Bonchev–Trinajstić information content (AvgIpc) is 2.92. The lowest BCUT2D eigenvalue weighted by Gasteiger charge is -2.40. The predicted octanol–water partition coefficient (Wildman–Crippen LogP) is 0.740. The molecule has 1 fully saturated rings. The molecule has 1 amide bonds. The van der Waals surface area contributed by atoms with Crippen molar-refractivity contribution in [1.82, 2.24) is 5.32 Å². The van der Waals surface area contributed by atoms with Gasteiger partial charge in [0.25, 0.3) is 0 Å². The topological polar surface area (TPSA) is 158 Å². The van der Waals surface area contributed by atoms with Gasteiger partial charge in [0.1, 0.15) is 48.7 Å². The van der Waals surface area contributed by atoms with Crippen LogP contribution in [-0.4, -0.2) is 93.7 Å². The molecule has 0 radical (unpaired) electrons. The monoisotopic (exact) mass is 537 g/mol. The number of aliphatic hydroxyl groups excluding tert-OH is 5. The molecule has 0 spiro atoms. The number of hydrogen-bond donors (Lipinski definition) is 6. The highest BCUT2D eigenvalue weighted by Gasteiger charge is 2.44. The van der Waals surface area contributed by atoms with Crippen LogP contribution in [-0.2, 0) is 20.7 Å². The van der Waals surface area contributed by atoms with Crippen LogP contribution < -0.4 is 10.1 Å². The Kier molecular flexibility index (Phi) is 11.0. The van der Waals surface area contributed by atoms with Gasteiger partial charge in [0.05, 0.1) is 25.2 Å². The van der Waals surface area contributed by atoms with E-state index in [1.54, 1.807) is 31.2 Å². The summed E-state index contributed by atoms with van der Waals surface area (Å²) in [4.78, 5) is 12.8. The van der Waals surface area contributed by atoms with Crippen LogP contribution in [0.1, 0.15) is 24.5 Å². The van der Waals surface area contributed by atoms with E-state index in [1.807, 2.05) is 31.2 Å². The van der Waals surface area contributed by atoms with E-state index in [4.69, 9.17) is 14.2 Å². The Morgan fingerprint density at radius 1 is 1.00 bits per heavy atom. The van der Waals surface area contributed by atoms with E-state index in [9.17, 15) is 34.7 Å². The first-order chi connectivity index (χ1) is 18.1. The molecule has 2 aromatic carbocycles. The first-order valence-corrected chi connectivity index (χ1v) is 12.5. The first-order valence-electron chi connectivity index (χ1n) is 12.5. The SMILES string of the molecule is CC[C@@H](O)[C@@H](O)[C@H](CO[C@H]1OC(CF)[C@@H](O)[C@H](O)C1O)NC(=O)Cc1ccc(Oc2ccc(C)cc2)cc1. The normalized spacial score (nSPS) is 25.8. The quantitative estimate of drug-likeness (QED) is 0.230. The van der Waals surface area contributed by atoms with Crippen molar-refractivity contribution in [1.29, 1.82) is 0 Å². The molecule has 8 atom stereocenters. The number of aryl methyl sites for hydroxylation is 1. The number of nitrogens with one attached hydrogen (secondary N) is 1. The van der Waals surface area contributed by atoms with Crippen LogP contribution in [0.15, 0.2) is 48.5 Å². The number of hydrogen-bond acceptors (Lipinski definition) is 9. The van der Waals surface area contributed by atoms with E-state index in [-0.39, 0.29) is 12.8 Å². The smallest absolute Gasteiger partial charge is 0.224 e. The summed E-state index contributed by atoms with van der Waals surface area (Å²) in [5, 5.41) is 53.2. The number of aliphatic hydroxyl groups is 5. The molecule has 0 aromatic heterocycles. The molecule has 210 valence electrons. The third-order valence-corrected chi connectivity index (χ3v) is 6.38. The van der Waals surface area contributed by atoms with Crippen molar-refractivity contribution in [3.05, 3.63) is 59.7 Å². The van der Waals surface area contributed by atoms with Crippen molar-refractivity contribution in [2.45, 2.75) is 75.6 Å². The molecule has 6 N–H and O–H groups in total. The summed E-state index contributed by atoms with van der Waals surface area (Å²) in [5.74, 6) is 0.797. The minimum absolute atomic E-state index is 0.0480. The Labute approximate surface area is 220 Å². The molecule has 11 heteroatoms. The molecule has 1 aliphatic rings. The van der Waals surface area contributed by atoms with Gasteiger partial charge >= 0.3 is 0 Å². The number of rotatable bonds is 12. The molecule has 2 unspecified atom stereocenters. The van der Waals surface area contributed by atoms with Gasteiger partial charge in [-0.3, -0.25) is 4.79 Å². The maximum absolute atomic E-state index is 13.1. The Morgan fingerprint density at radius 2 is 1.61 bits per heavy atom. The van der Waals surface area contributed by atoms with Crippen LogP contribution in [0.2, 0.25) is 0 Å². The Hall–Kier alpha value is -2.64. The van der Waals surface area contributed by atoms with Crippen LogP contribution in [0.5, 0.6) is 11.5 Å². The van der Waals surface area contributed by atoms with E-state index < -0.39 is 68.1 Å². The molecule has 2 aromatic rings. The summed E-state index contributed by atoms with van der Waals surface area (Å²) in [6.45, 7) is 2.06. The molecule has 1 aliphatic heterocycles. The predicted molar refractivity (Wildman–Crippen MR) is 134 cm³/mol. The second-order valence-electron chi connectivity index (χ2n) is 9.38. The zero-order chi connectivity index (χ0) is 27.8. The maximum Gasteiger partial charge on any atom is 0.224 e. The third-order valence-electron chi connectivity index (χ3n) is 6.38. The summed E-state index contributed by atoms with van der Waals surface area (Å²) >= 11 is 0. The van der Waals surface area contributed by atoms with Crippen LogP contribution in [0.3, 0.4) is 0 Å². The van der Waals surface area contributed by atoms with Gasteiger partial charge in [-0.05, 0) is 43.2 Å². The third kappa shape index (κ3) is 7.93. The minimum Gasteiger partial charge on any atom is -0.457 e. The second-order valence-corrected chi connectivity index (χ2v) is 9.38. The average molecular weight is 538 g/mol. The van der Waals surface area contributed by atoms with Crippen molar-refractivity contribution in [3.63, 3.8) is 0 Å². The van der Waals surface area contributed by atoms with Crippen molar-refractivity contribution < 1.29 is 48.9 Å². The fourth-order valence-corrected chi connectivity index (χ4v) is 3.98. The van der Waals surface area contributed by atoms with Crippen LogP contribution >= 0.6 is 0 Å². The highest BCUT2D eigenvalue weighted by molar-refractivity contribution is 5.79. The lowest BCUT2D eigenvalue weighted by atomic mass is 9.99. The van der Waals surface area contributed by atoms with Gasteiger partial charge in [-0.2, -0.15) is 0 Å². The van der Waals surface area contributed by atoms with Gasteiger partial charge in [0.15, 0.2) is 6.29 Å². The van der Waals surface area contributed by atoms with Crippen LogP contribution in [0, 0.1) is 6.92 Å². The van der Waals surface area contributed by atoms with Gasteiger partial charge in [0.2, 0.25) is 5.91 Å². The van der Waals surface area contributed by atoms with Gasteiger partial charge in [-0.15, -0.1) is 0 Å². The standard InChI is InChI=1S/C27H36FNO9/c1-3-20(30)23(32)19(14-36-27-26(35)25(34)24(33)21(13-28)38-27)29-22(31)12-16-6-10-18(11-7-16)37-17-8-4-15(2)5-9-17/h4-11,19-21,23-27,30,32-35H,3,12-14H2,1-2H3,(H,29,31)/t19-,20+,21?,23-,24+,25-,26?,27-/m0/s1. The molecular weight excluding hydrogens is 501 g/mol. The molecule has 1 heterocycles. The van der Waals surface area contributed by atoms with Crippen molar-refractivity contribution >= 4 is 5.91 Å². The van der Waals surface area contributed by atoms with Crippen molar-refractivity contribution in [2.75, 3.05) is 13.3 Å². The fourth-order valence-electron chi connectivity index (χ4n) is 3.98. The van der Waals surface area contributed by atoms with Crippen LogP contribution in [0.25, 0.3) is 0 Å². The van der Waals surface area contributed by atoms with E-state index in [0.717, 1.165) is 5.56 Å². The molecule has 0 aliphatic carbocycles. The molecule has 38 heavy (non-hydrogen) atoms. The highest BCUT2D eigenvalue weighted by atomic mass is 19.1. The van der Waals surface area contributed by atoms with Crippen molar-refractivity contribution in [2.24, 2.45) is 0 Å². The number of benzene rings is 2. The van der Waals surface area contributed by atoms with E-state index in [2.05, 4.69) is 5.32 Å². The lowest BCUT2D eigenvalue weighted by Crippen LogP contribution is -2.60. The van der Waals surface area contributed by atoms with Gasteiger partial charge in [-0.1, -0.05) is 36.8 Å². The van der Waals surface area contributed by atoms with Gasteiger partial charge in [-0.25, -0.2) is 4.39 Å². The number of alkyl halides is 1. The Balaban J connectivity index is 1.60. The second kappa shape index (κ2) is 13.9. The number of amides is 1. The van der Waals surface area contributed by atoms with E-state index in [0.29, 0.717) is 17.1 Å². The molecule has 0 bridgehead atoms. The molecular formula is C27H36FNO9. The lowest BCUT2D eigenvalue weighted by molar-refractivity contribution is -0.300. The minimum atomic E-state index is -1.72. The van der Waals surface area contributed by atoms with Gasteiger partial charge in [0, 0.05) is 0 Å². The summed E-state index contributed by atoms with van der Waals surface area (Å²) in [5.41, 5.74) is 1.78. The maximum atomic E-state index is 13.1. The zero-order valence-corrected chi connectivity index (χ0v) is 21.3. The highest BCUT2D eigenvalue weighted by Crippen LogP contribution is 2.24. The van der Waals surface area contributed by atoms with Crippen LogP contribution in [0.4, 0.5) is 4.39 Å². The Bertz CT molecular complexity index is 1000. The fraction of sp³-hybridized carbons (Fsp3) is 0.519. The largest absolute Gasteiger partial charge is 0.457 e. The summed E-state index contributed by atoms with van der Waals surface area (Å²) in [6.07, 6.45) is -10.5. The molecule has 10 nitrogen and oxygen atoms in total. The Morgan fingerprint density at radius 3 is 2.18 bits per heavy atom. The summed E-state index contributed by atoms with van der Waals surface area (Å²) < 4.78 is 29.6. The molecule has 0 saturated carbocycles. The van der Waals surface area contributed by atoms with Crippen molar-refractivity contribution in [3.8, 4) is 11.5 Å². The number of halogens is 1. The molecule has 1 saturated heterocycles. The summed E-state index contributed by atoms with van der Waals surface area (Å²) in [7, 11) is 0. The number of carbonyl (C=O) groups is 1. The van der Waals surface area contributed by atoms with E-state index in [1.165, 1.54) is 0 Å². The van der Waals surface area contributed by atoms with Gasteiger partial charge < -0.3 is 45.1 Å². The molecule has 3 rings (SSSR count). The van der Waals surface area contributed by atoms with E-state index >= 15 is 0 Å². The number of carbonyl (C=O) groups excluding carboxylic acids is 1. The first kappa shape index (κ1) is 29.9.